The Hall–Kier alpha value is -0.880. The molecule has 0 aromatic carbocycles. The lowest BCUT2D eigenvalue weighted by Crippen LogP contribution is -2.44. The van der Waals surface area contributed by atoms with Crippen molar-refractivity contribution >= 4 is 17.4 Å². The summed E-state index contributed by atoms with van der Waals surface area (Å²) in [5, 5.41) is 22.1. The van der Waals surface area contributed by atoms with Gasteiger partial charge >= 0.3 is 0 Å². The summed E-state index contributed by atoms with van der Waals surface area (Å²) in [4.78, 5) is 6.37. The molecule has 0 bridgehead atoms. The van der Waals surface area contributed by atoms with E-state index in [0.29, 0.717) is 10.6 Å². The number of rotatable bonds is 3. The maximum absolute atomic E-state index is 9.48. The number of hydrogen-bond acceptors (Lipinski definition) is 5. The largest absolute Gasteiger partial charge is 0.393 e. The molecule has 6 heteroatoms. The minimum Gasteiger partial charge on any atom is -0.393 e. The van der Waals surface area contributed by atoms with Gasteiger partial charge in [-0.3, -0.25) is 0 Å². The number of pyridine rings is 1. The van der Waals surface area contributed by atoms with E-state index in [-0.39, 0.29) is 6.61 Å². The molecule has 0 aliphatic carbocycles. The third-order valence-electron chi connectivity index (χ3n) is 2.82. The van der Waals surface area contributed by atoms with Crippen molar-refractivity contribution in [3.05, 3.63) is 22.8 Å². The van der Waals surface area contributed by atoms with Gasteiger partial charge in [-0.15, -0.1) is 0 Å². The van der Waals surface area contributed by atoms with Crippen molar-refractivity contribution in [2.75, 3.05) is 37.7 Å². The van der Waals surface area contributed by atoms with E-state index in [1.807, 2.05) is 0 Å². The lowest BCUT2D eigenvalue weighted by Gasteiger charge is -2.29. The van der Waals surface area contributed by atoms with E-state index in [2.05, 4.69) is 15.2 Å². The van der Waals surface area contributed by atoms with Crippen LogP contribution in [0.1, 0.15) is 11.7 Å². The number of aromatic nitrogens is 1. The summed E-state index contributed by atoms with van der Waals surface area (Å²) in [6.07, 6.45) is 0.640. The van der Waals surface area contributed by atoms with Gasteiger partial charge in [0.15, 0.2) is 0 Å². The molecule has 5 nitrogen and oxygen atoms in total. The molecule has 94 valence electrons. The van der Waals surface area contributed by atoms with Crippen LogP contribution in [0.25, 0.3) is 0 Å². The second kappa shape index (κ2) is 5.64. The minimum atomic E-state index is -0.919. The molecule has 1 fully saturated rings. The third kappa shape index (κ3) is 2.87. The molecule has 1 aliphatic heterocycles. The van der Waals surface area contributed by atoms with Crippen LogP contribution in [0.4, 0.5) is 5.82 Å². The van der Waals surface area contributed by atoms with E-state index < -0.39 is 6.10 Å². The molecule has 2 heterocycles. The molecule has 1 aromatic rings. The Morgan fingerprint density at radius 3 is 2.76 bits per heavy atom. The summed E-state index contributed by atoms with van der Waals surface area (Å²) >= 11 is 6.15. The highest BCUT2D eigenvalue weighted by Gasteiger charge is 2.16. The molecule has 1 atom stereocenters. The van der Waals surface area contributed by atoms with Crippen molar-refractivity contribution in [2.45, 2.75) is 6.10 Å². The van der Waals surface area contributed by atoms with Crippen LogP contribution in [-0.4, -0.2) is 48.0 Å². The zero-order valence-electron chi connectivity index (χ0n) is 9.43. The van der Waals surface area contributed by atoms with E-state index in [0.717, 1.165) is 32.0 Å². The van der Waals surface area contributed by atoms with Crippen molar-refractivity contribution in [3.8, 4) is 0 Å². The SMILES string of the molecule is OCC(O)c1cnc(N2CCNCC2)c(Cl)c1. The van der Waals surface area contributed by atoms with E-state index >= 15 is 0 Å². The maximum atomic E-state index is 9.48. The van der Waals surface area contributed by atoms with Gasteiger partial charge in [0.25, 0.3) is 0 Å². The monoisotopic (exact) mass is 257 g/mol. The van der Waals surface area contributed by atoms with E-state index in [1.54, 1.807) is 12.3 Å². The second-order valence-corrected chi connectivity index (χ2v) is 4.42. The van der Waals surface area contributed by atoms with Crippen LogP contribution < -0.4 is 10.2 Å². The highest BCUT2D eigenvalue weighted by molar-refractivity contribution is 6.33. The Kier molecular flexibility index (Phi) is 4.17. The molecule has 3 N–H and O–H groups in total. The molecule has 2 rings (SSSR count). The highest BCUT2D eigenvalue weighted by atomic mass is 35.5. The molecule has 1 aliphatic rings. The van der Waals surface area contributed by atoms with Crippen LogP contribution in [0.2, 0.25) is 5.02 Å². The summed E-state index contributed by atoms with van der Waals surface area (Å²) < 4.78 is 0. The highest BCUT2D eigenvalue weighted by Crippen LogP contribution is 2.26. The first-order chi connectivity index (χ1) is 8.22. The first-order valence-electron chi connectivity index (χ1n) is 5.62. The second-order valence-electron chi connectivity index (χ2n) is 4.01. The quantitative estimate of drug-likeness (QED) is 0.720. The molecule has 0 saturated carbocycles. The Morgan fingerprint density at radius 2 is 2.18 bits per heavy atom. The predicted molar refractivity (Wildman–Crippen MR) is 66.4 cm³/mol. The van der Waals surface area contributed by atoms with Gasteiger partial charge in [0.2, 0.25) is 0 Å². The average Bonchev–Trinajstić information content (AvgIpc) is 2.38. The zero-order chi connectivity index (χ0) is 12.3. The fourth-order valence-electron chi connectivity index (χ4n) is 1.84. The molecular weight excluding hydrogens is 242 g/mol. The van der Waals surface area contributed by atoms with Crippen molar-refractivity contribution in [1.29, 1.82) is 0 Å². The standard InChI is InChI=1S/C11H16ClN3O2/c12-9-5-8(10(17)7-16)6-14-11(9)15-3-1-13-2-4-15/h5-6,10,13,16-17H,1-4,7H2. The number of halogens is 1. The number of piperazine rings is 1. The number of aliphatic hydroxyl groups excluding tert-OH is 2. The van der Waals surface area contributed by atoms with Gasteiger partial charge in [0.1, 0.15) is 11.9 Å². The number of hydrogen-bond donors (Lipinski definition) is 3. The molecule has 1 unspecified atom stereocenters. The van der Waals surface area contributed by atoms with Gasteiger partial charge in [0, 0.05) is 37.9 Å². The van der Waals surface area contributed by atoms with Gasteiger partial charge in [0.05, 0.1) is 11.6 Å². The molecular formula is C11H16ClN3O2. The minimum absolute atomic E-state index is 0.328. The lowest BCUT2D eigenvalue weighted by atomic mass is 10.2. The van der Waals surface area contributed by atoms with E-state index in [1.165, 1.54) is 0 Å². The Balaban J connectivity index is 2.18. The van der Waals surface area contributed by atoms with Crippen LogP contribution in [0.15, 0.2) is 12.3 Å². The van der Waals surface area contributed by atoms with Gasteiger partial charge < -0.3 is 20.4 Å². The maximum Gasteiger partial charge on any atom is 0.147 e. The van der Waals surface area contributed by atoms with Crippen LogP contribution in [0, 0.1) is 0 Å². The van der Waals surface area contributed by atoms with Crippen LogP contribution in [0.3, 0.4) is 0 Å². The molecule has 17 heavy (non-hydrogen) atoms. The summed E-state index contributed by atoms with van der Waals surface area (Å²) in [5.41, 5.74) is 0.538. The van der Waals surface area contributed by atoms with E-state index in [9.17, 15) is 5.11 Å². The summed E-state index contributed by atoms with van der Waals surface area (Å²) in [7, 11) is 0. The van der Waals surface area contributed by atoms with Crippen LogP contribution >= 0.6 is 11.6 Å². The van der Waals surface area contributed by atoms with Crippen LogP contribution in [-0.2, 0) is 0 Å². The number of nitrogens with one attached hydrogen (secondary N) is 1. The molecule has 0 radical (unpaired) electrons. The number of nitrogens with zero attached hydrogens (tertiary/aromatic N) is 2. The number of anilines is 1. The Morgan fingerprint density at radius 1 is 1.47 bits per heavy atom. The number of aliphatic hydroxyl groups is 2. The zero-order valence-corrected chi connectivity index (χ0v) is 10.2. The Bertz CT molecular complexity index is 383. The first kappa shape index (κ1) is 12.6. The summed E-state index contributed by atoms with van der Waals surface area (Å²) in [6.45, 7) is 3.24. The van der Waals surface area contributed by atoms with Crippen molar-refractivity contribution in [1.82, 2.24) is 10.3 Å². The molecule has 0 spiro atoms. The van der Waals surface area contributed by atoms with Gasteiger partial charge in [-0.25, -0.2) is 4.98 Å². The van der Waals surface area contributed by atoms with Crippen molar-refractivity contribution in [3.63, 3.8) is 0 Å². The fraction of sp³-hybridized carbons (Fsp3) is 0.545. The molecule has 1 saturated heterocycles. The Labute approximate surface area is 105 Å². The lowest BCUT2D eigenvalue weighted by molar-refractivity contribution is 0.0953. The van der Waals surface area contributed by atoms with Gasteiger partial charge in [-0.05, 0) is 6.07 Å². The summed E-state index contributed by atoms with van der Waals surface area (Å²) in [6, 6.07) is 1.66. The first-order valence-corrected chi connectivity index (χ1v) is 6.00. The fourth-order valence-corrected chi connectivity index (χ4v) is 2.14. The molecule has 1 aromatic heterocycles. The van der Waals surface area contributed by atoms with Crippen molar-refractivity contribution in [2.24, 2.45) is 0 Å². The van der Waals surface area contributed by atoms with Crippen LogP contribution in [0.5, 0.6) is 0 Å². The topological polar surface area (TPSA) is 68.6 Å². The van der Waals surface area contributed by atoms with Gasteiger partial charge in [-0.1, -0.05) is 11.6 Å². The van der Waals surface area contributed by atoms with Crippen molar-refractivity contribution < 1.29 is 10.2 Å². The predicted octanol–water partition coefficient (Wildman–Crippen LogP) is 0.170. The van der Waals surface area contributed by atoms with Gasteiger partial charge in [-0.2, -0.15) is 0 Å². The normalized spacial score (nSPS) is 18.2. The average molecular weight is 258 g/mol. The molecule has 0 amide bonds. The van der Waals surface area contributed by atoms with E-state index in [4.69, 9.17) is 16.7 Å². The third-order valence-corrected chi connectivity index (χ3v) is 3.10. The summed E-state index contributed by atoms with van der Waals surface area (Å²) in [5.74, 6) is 0.738. The smallest absolute Gasteiger partial charge is 0.147 e.